The van der Waals surface area contributed by atoms with Gasteiger partial charge in [0.05, 0.1) is 17.9 Å². The van der Waals surface area contributed by atoms with Gasteiger partial charge < -0.3 is 14.8 Å². The van der Waals surface area contributed by atoms with E-state index in [2.05, 4.69) is 10.0 Å². The standard InChI is InChI=1S/C14H21N3O5S/c1-21-12-6-9(7-13(12)22-2)14(18)16-10-4-3-5-11(8-10)17-23(15,19)20/h3-5,8-9,12-13,17H,6-7H2,1-2H3,(H,16,18)(H2,15,19,20)/t12-,13-/m1/s1. The van der Waals surface area contributed by atoms with E-state index in [9.17, 15) is 13.2 Å². The summed E-state index contributed by atoms with van der Waals surface area (Å²) >= 11 is 0. The van der Waals surface area contributed by atoms with Crippen LogP contribution in [0.2, 0.25) is 0 Å². The minimum atomic E-state index is -3.86. The second kappa shape index (κ2) is 7.26. The number of carbonyl (C=O) groups excluding carboxylic acids is 1. The zero-order chi connectivity index (χ0) is 17.0. The summed E-state index contributed by atoms with van der Waals surface area (Å²) in [5.41, 5.74) is 0.764. The summed E-state index contributed by atoms with van der Waals surface area (Å²) in [6.07, 6.45) is 0.948. The Hall–Kier alpha value is -1.68. The maximum atomic E-state index is 12.3. The second-order valence-electron chi connectivity index (χ2n) is 5.43. The Labute approximate surface area is 135 Å². The zero-order valence-corrected chi connectivity index (χ0v) is 13.8. The van der Waals surface area contributed by atoms with Crippen LogP contribution in [-0.2, 0) is 24.5 Å². The number of anilines is 2. The third-order valence-electron chi connectivity index (χ3n) is 3.81. The first kappa shape index (κ1) is 17.7. The third kappa shape index (κ3) is 4.90. The van der Waals surface area contributed by atoms with Gasteiger partial charge in [-0.15, -0.1) is 0 Å². The van der Waals surface area contributed by atoms with Crippen molar-refractivity contribution in [1.29, 1.82) is 0 Å². The Morgan fingerprint density at radius 2 is 1.74 bits per heavy atom. The van der Waals surface area contributed by atoms with Gasteiger partial charge in [-0.2, -0.15) is 8.42 Å². The van der Waals surface area contributed by atoms with Crippen LogP contribution in [0.5, 0.6) is 0 Å². The van der Waals surface area contributed by atoms with Gasteiger partial charge in [-0.25, -0.2) is 5.14 Å². The molecular formula is C14H21N3O5S. The lowest BCUT2D eigenvalue weighted by molar-refractivity contribution is -0.120. The number of amides is 1. The molecule has 0 saturated heterocycles. The van der Waals surface area contributed by atoms with Crippen molar-refractivity contribution < 1.29 is 22.7 Å². The van der Waals surface area contributed by atoms with E-state index in [1.165, 1.54) is 12.1 Å². The van der Waals surface area contributed by atoms with Crippen LogP contribution >= 0.6 is 0 Å². The Morgan fingerprint density at radius 1 is 1.17 bits per heavy atom. The molecule has 0 radical (unpaired) electrons. The van der Waals surface area contributed by atoms with Crippen LogP contribution in [0.15, 0.2) is 24.3 Å². The molecule has 2 atom stereocenters. The molecule has 9 heteroatoms. The lowest BCUT2D eigenvalue weighted by Crippen LogP contribution is -2.23. The van der Waals surface area contributed by atoms with Gasteiger partial charge in [-0.1, -0.05) is 6.07 Å². The van der Waals surface area contributed by atoms with Crippen LogP contribution in [0.4, 0.5) is 11.4 Å². The van der Waals surface area contributed by atoms with Crippen molar-refractivity contribution in [1.82, 2.24) is 0 Å². The van der Waals surface area contributed by atoms with E-state index >= 15 is 0 Å². The van der Waals surface area contributed by atoms with Crippen LogP contribution in [-0.4, -0.2) is 40.8 Å². The summed E-state index contributed by atoms with van der Waals surface area (Å²) in [6.45, 7) is 0. The van der Waals surface area contributed by atoms with Gasteiger partial charge in [-0.05, 0) is 31.0 Å². The molecular weight excluding hydrogens is 322 g/mol. The van der Waals surface area contributed by atoms with Gasteiger partial charge >= 0.3 is 0 Å². The quantitative estimate of drug-likeness (QED) is 0.701. The normalized spacial score (nSPS) is 22.0. The molecule has 23 heavy (non-hydrogen) atoms. The highest BCUT2D eigenvalue weighted by Gasteiger charge is 2.38. The molecule has 1 aromatic rings. The van der Waals surface area contributed by atoms with Crippen LogP contribution in [0, 0.1) is 5.92 Å². The molecule has 1 aliphatic carbocycles. The highest BCUT2D eigenvalue weighted by Crippen LogP contribution is 2.31. The fourth-order valence-electron chi connectivity index (χ4n) is 2.74. The topological polar surface area (TPSA) is 120 Å². The van der Waals surface area contributed by atoms with Crippen molar-refractivity contribution in [2.75, 3.05) is 24.3 Å². The molecule has 0 heterocycles. The SMILES string of the molecule is CO[C@@H]1CC(C(=O)Nc2cccc(NS(N)(=O)=O)c2)C[C@H]1OC. The third-order valence-corrected chi connectivity index (χ3v) is 4.34. The predicted octanol–water partition coefficient (Wildman–Crippen LogP) is 0.681. The Kier molecular flexibility index (Phi) is 5.58. The van der Waals surface area contributed by atoms with Crippen molar-refractivity contribution in [3.8, 4) is 0 Å². The lowest BCUT2D eigenvalue weighted by Gasteiger charge is -2.15. The number of methoxy groups -OCH3 is 2. The lowest BCUT2D eigenvalue weighted by atomic mass is 10.1. The number of hydrogen-bond acceptors (Lipinski definition) is 5. The van der Waals surface area contributed by atoms with Crippen LogP contribution < -0.4 is 15.2 Å². The molecule has 0 aliphatic heterocycles. The average molecular weight is 343 g/mol. The summed E-state index contributed by atoms with van der Waals surface area (Å²) in [6, 6.07) is 6.33. The van der Waals surface area contributed by atoms with E-state index < -0.39 is 10.2 Å². The molecule has 1 amide bonds. The van der Waals surface area contributed by atoms with Crippen LogP contribution in [0.3, 0.4) is 0 Å². The number of hydrogen-bond donors (Lipinski definition) is 3. The molecule has 0 aromatic heterocycles. The summed E-state index contributed by atoms with van der Waals surface area (Å²) in [7, 11) is -0.662. The van der Waals surface area contributed by atoms with Gasteiger partial charge in [0.1, 0.15) is 0 Å². The van der Waals surface area contributed by atoms with E-state index in [0.29, 0.717) is 18.5 Å². The number of benzene rings is 1. The molecule has 128 valence electrons. The zero-order valence-electron chi connectivity index (χ0n) is 13.0. The maximum Gasteiger partial charge on any atom is 0.296 e. The summed E-state index contributed by atoms with van der Waals surface area (Å²) in [5.74, 6) is -0.376. The monoisotopic (exact) mass is 343 g/mol. The van der Waals surface area contributed by atoms with Crippen molar-refractivity contribution in [2.24, 2.45) is 11.1 Å². The molecule has 0 bridgehead atoms. The van der Waals surface area contributed by atoms with Crippen molar-refractivity contribution in [3.63, 3.8) is 0 Å². The van der Waals surface area contributed by atoms with Crippen molar-refractivity contribution in [2.45, 2.75) is 25.0 Å². The van der Waals surface area contributed by atoms with Gasteiger partial charge in [0, 0.05) is 25.8 Å². The molecule has 8 nitrogen and oxygen atoms in total. The van der Waals surface area contributed by atoms with E-state index in [4.69, 9.17) is 14.6 Å². The highest BCUT2D eigenvalue weighted by atomic mass is 32.2. The Morgan fingerprint density at radius 3 is 2.26 bits per heavy atom. The Bertz CT molecular complexity index is 652. The first-order chi connectivity index (χ1) is 10.8. The maximum absolute atomic E-state index is 12.3. The molecule has 4 N–H and O–H groups in total. The van der Waals surface area contributed by atoms with E-state index in [-0.39, 0.29) is 29.7 Å². The largest absolute Gasteiger partial charge is 0.379 e. The second-order valence-corrected chi connectivity index (χ2v) is 6.73. The first-order valence-electron chi connectivity index (χ1n) is 7.09. The fourth-order valence-corrected chi connectivity index (χ4v) is 3.20. The summed E-state index contributed by atoms with van der Waals surface area (Å²) in [5, 5.41) is 7.70. The molecule has 1 aromatic carbocycles. The molecule has 0 spiro atoms. The van der Waals surface area contributed by atoms with Gasteiger partial charge in [0.15, 0.2) is 0 Å². The smallest absolute Gasteiger partial charge is 0.296 e. The number of ether oxygens (including phenoxy) is 2. The predicted molar refractivity (Wildman–Crippen MR) is 86.1 cm³/mol. The molecule has 1 saturated carbocycles. The highest BCUT2D eigenvalue weighted by molar-refractivity contribution is 7.90. The van der Waals surface area contributed by atoms with Gasteiger partial charge in [0.25, 0.3) is 10.2 Å². The van der Waals surface area contributed by atoms with E-state index in [0.717, 1.165) is 0 Å². The van der Waals surface area contributed by atoms with Crippen molar-refractivity contribution in [3.05, 3.63) is 24.3 Å². The van der Waals surface area contributed by atoms with Crippen LogP contribution in [0.25, 0.3) is 0 Å². The average Bonchev–Trinajstić information content (AvgIpc) is 2.89. The van der Waals surface area contributed by atoms with E-state index in [1.807, 2.05) is 0 Å². The van der Waals surface area contributed by atoms with Gasteiger partial charge in [-0.3, -0.25) is 9.52 Å². The van der Waals surface area contributed by atoms with Crippen molar-refractivity contribution >= 4 is 27.5 Å². The summed E-state index contributed by atoms with van der Waals surface area (Å²) in [4.78, 5) is 12.3. The molecule has 1 aliphatic rings. The van der Waals surface area contributed by atoms with Crippen LogP contribution in [0.1, 0.15) is 12.8 Å². The number of carbonyl (C=O) groups is 1. The minimum absolute atomic E-state index is 0.105. The molecule has 0 unspecified atom stereocenters. The van der Waals surface area contributed by atoms with E-state index in [1.54, 1.807) is 26.4 Å². The molecule has 2 rings (SSSR count). The number of nitrogens with one attached hydrogen (secondary N) is 2. The number of nitrogens with two attached hydrogens (primary N) is 1. The minimum Gasteiger partial charge on any atom is -0.379 e. The Balaban J connectivity index is 2.02. The first-order valence-corrected chi connectivity index (χ1v) is 8.64. The number of rotatable bonds is 6. The van der Waals surface area contributed by atoms with Gasteiger partial charge in [0.2, 0.25) is 5.91 Å². The summed E-state index contributed by atoms with van der Waals surface area (Å²) < 4.78 is 34.9. The molecule has 1 fully saturated rings. The fraction of sp³-hybridized carbons (Fsp3) is 0.500.